The smallest absolute Gasteiger partial charge is 0.195 e. The van der Waals surface area contributed by atoms with E-state index in [-0.39, 0.29) is 0 Å². The number of H-pyrrole nitrogens is 1. The van der Waals surface area contributed by atoms with E-state index in [1.165, 1.54) is 0 Å². The average molecular weight is 303 g/mol. The normalized spacial score (nSPS) is 10.8. The van der Waals surface area contributed by atoms with Gasteiger partial charge in [0.1, 0.15) is 5.01 Å². The molecule has 0 unspecified atom stereocenters. The lowest BCUT2D eigenvalue weighted by Gasteiger charge is -2.01. The van der Waals surface area contributed by atoms with Crippen LogP contribution in [0.25, 0.3) is 21.3 Å². The Bertz CT molecular complexity index is 756. The summed E-state index contributed by atoms with van der Waals surface area (Å²) in [5.74, 6) is 0.856. The summed E-state index contributed by atoms with van der Waals surface area (Å²) in [7, 11) is 0. The van der Waals surface area contributed by atoms with Gasteiger partial charge in [-0.2, -0.15) is 5.10 Å². The Kier molecular flexibility index (Phi) is 3.70. The van der Waals surface area contributed by atoms with E-state index in [4.69, 9.17) is 12.2 Å². The molecule has 3 aromatic heterocycles. The molecule has 0 saturated carbocycles. The van der Waals surface area contributed by atoms with Crippen LogP contribution in [0.4, 0.5) is 0 Å². The Morgan fingerprint density at radius 1 is 1.35 bits per heavy atom. The highest BCUT2D eigenvalue weighted by Crippen LogP contribution is 2.30. The van der Waals surface area contributed by atoms with Gasteiger partial charge in [0.15, 0.2) is 10.6 Å². The molecule has 0 saturated heterocycles. The first-order valence-corrected chi connectivity index (χ1v) is 7.54. The molecule has 20 heavy (non-hydrogen) atoms. The van der Waals surface area contributed by atoms with Gasteiger partial charge < -0.3 is 0 Å². The summed E-state index contributed by atoms with van der Waals surface area (Å²) in [5, 5.41) is 8.13. The predicted octanol–water partition coefficient (Wildman–Crippen LogP) is 3.54. The second kappa shape index (κ2) is 5.64. The largest absolute Gasteiger partial charge is 0.299 e. The molecule has 102 valence electrons. The Morgan fingerprint density at radius 3 is 2.90 bits per heavy atom. The monoisotopic (exact) mass is 303 g/mol. The van der Waals surface area contributed by atoms with Crippen molar-refractivity contribution < 1.29 is 0 Å². The van der Waals surface area contributed by atoms with E-state index in [1.807, 2.05) is 22.9 Å². The van der Waals surface area contributed by atoms with Crippen molar-refractivity contribution in [3.63, 3.8) is 0 Å². The van der Waals surface area contributed by atoms with Gasteiger partial charge in [0.05, 0.1) is 4.88 Å². The standard InChI is InChI=1S/C13H13N5S2/c1-2-7-18-11(16-17-13(18)19)10-8-15-12(20-10)9-3-5-14-6-4-9/h3-6,8H,2,7H2,1H3,(H,17,19). The van der Waals surface area contributed by atoms with Crippen LogP contribution in [0.3, 0.4) is 0 Å². The van der Waals surface area contributed by atoms with Crippen LogP contribution >= 0.6 is 23.6 Å². The van der Waals surface area contributed by atoms with Crippen molar-refractivity contribution in [2.75, 3.05) is 0 Å². The van der Waals surface area contributed by atoms with Crippen LogP contribution in [0.15, 0.2) is 30.7 Å². The second-order valence-electron chi connectivity index (χ2n) is 4.27. The van der Waals surface area contributed by atoms with Gasteiger partial charge in [-0.05, 0) is 30.8 Å². The minimum atomic E-state index is 0.653. The molecule has 0 aliphatic heterocycles. The number of nitrogens with one attached hydrogen (secondary N) is 1. The summed E-state index contributed by atoms with van der Waals surface area (Å²) in [5.41, 5.74) is 1.06. The average Bonchev–Trinajstić information content (AvgIpc) is 3.08. The first kappa shape index (κ1) is 13.1. The van der Waals surface area contributed by atoms with Crippen LogP contribution in [0.1, 0.15) is 13.3 Å². The number of nitrogens with zero attached hydrogens (tertiary/aromatic N) is 4. The highest BCUT2D eigenvalue weighted by atomic mass is 32.1. The maximum atomic E-state index is 5.26. The van der Waals surface area contributed by atoms with Crippen molar-refractivity contribution in [1.82, 2.24) is 24.7 Å². The number of aromatic nitrogens is 5. The zero-order chi connectivity index (χ0) is 13.9. The van der Waals surface area contributed by atoms with Crippen molar-refractivity contribution in [1.29, 1.82) is 0 Å². The zero-order valence-corrected chi connectivity index (χ0v) is 12.5. The van der Waals surface area contributed by atoms with Crippen LogP contribution in [0, 0.1) is 4.77 Å². The molecule has 7 heteroatoms. The van der Waals surface area contributed by atoms with E-state index < -0.39 is 0 Å². The molecule has 0 atom stereocenters. The third-order valence-corrected chi connectivity index (χ3v) is 4.21. The van der Waals surface area contributed by atoms with Crippen LogP contribution in [0.5, 0.6) is 0 Å². The van der Waals surface area contributed by atoms with Crippen molar-refractivity contribution in [2.45, 2.75) is 19.9 Å². The molecule has 0 aromatic carbocycles. The minimum absolute atomic E-state index is 0.653. The highest BCUT2D eigenvalue weighted by Gasteiger charge is 2.12. The highest BCUT2D eigenvalue weighted by molar-refractivity contribution is 7.71. The molecule has 0 bridgehead atoms. The van der Waals surface area contributed by atoms with Crippen LogP contribution in [-0.2, 0) is 6.54 Å². The summed E-state index contributed by atoms with van der Waals surface area (Å²) >= 11 is 6.86. The Hall–Kier alpha value is -1.86. The van der Waals surface area contributed by atoms with E-state index in [1.54, 1.807) is 23.7 Å². The molecule has 0 aliphatic rings. The van der Waals surface area contributed by atoms with E-state index in [0.29, 0.717) is 4.77 Å². The topological polar surface area (TPSA) is 59.4 Å². The van der Waals surface area contributed by atoms with Gasteiger partial charge in [0.25, 0.3) is 0 Å². The molecule has 0 amide bonds. The van der Waals surface area contributed by atoms with E-state index in [2.05, 4.69) is 27.1 Å². The maximum Gasteiger partial charge on any atom is 0.195 e. The van der Waals surface area contributed by atoms with Crippen LogP contribution < -0.4 is 0 Å². The molecular formula is C13H13N5S2. The fourth-order valence-electron chi connectivity index (χ4n) is 1.94. The Labute approximate surface area is 125 Å². The van der Waals surface area contributed by atoms with Gasteiger partial charge in [-0.1, -0.05) is 6.92 Å². The molecule has 0 aliphatic carbocycles. The van der Waals surface area contributed by atoms with E-state index in [0.717, 1.165) is 34.2 Å². The Balaban J connectivity index is 2.01. The van der Waals surface area contributed by atoms with Gasteiger partial charge in [0, 0.05) is 30.7 Å². The van der Waals surface area contributed by atoms with Gasteiger partial charge in [0.2, 0.25) is 0 Å². The van der Waals surface area contributed by atoms with Crippen molar-refractivity contribution in [2.24, 2.45) is 0 Å². The summed E-state index contributed by atoms with van der Waals surface area (Å²) in [4.78, 5) is 9.49. The lowest BCUT2D eigenvalue weighted by molar-refractivity contribution is 0.675. The number of hydrogen-bond acceptors (Lipinski definition) is 5. The third-order valence-electron chi connectivity index (χ3n) is 2.86. The molecule has 3 aromatic rings. The quantitative estimate of drug-likeness (QED) is 0.749. The molecule has 1 N–H and O–H groups in total. The number of aromatic amines is 1. The van der Waals surface area contributed by atoms with Crippen LogP contribution in [-0.4, -0.2) is 24.7 Å². The summed E-state index contributed by atoms with van der Waals surface area (Å²) < 4.78 is 2.67. The van der Waals surface area contributed by atoms with E-state index in [9.17, 15) is 0 Å². The summed E-state index contributed by atoms with van der Waals surface area (Å²) in [6.07, 6.45) is 6.39. The van der Waals surface area contributed by atoms with Gasteiger partial charge in [-0.25, -0.2) is 4.98 Å². The fourth-order valence-corrected chi connectivity index (χ4v) is 3.09. The zero-order valence-electron chi connectivity index (χ0n) is 10.9. The summed E-state index contributed by atoms with van der Waals surface area (Å²) in [6.45, 7) is 2.97. The van der Waals surface area contributed by atoms with Crippen molar-refractivity contribution in [3.8, 4) is 21.3 Å². The number of hydrogen-bond donors (Lipinski definition) is 1. The SMILES string of the molecule is CCCn1c(-c2cnc(-c3ccncc3)s2)n[nH]c1=S. The van der Waals surface area contributed by atoms with E-state index >= 15 is 0 Å². The number of rotatable bonds is 4. The first-order valence-electron chi connectivity index (χ1n) is 6.31. The molecule has 3 heterocycles. The fraction of sp³-hybridized carbons (Fsp3) is 0.231. The Morgan fingerprint density at radius 2 is 2.15 bits per heavy atom. The molecule has 0 fully saturated rings. The predicted molar refractivity (Wildman–Crippen MR) is 82.0 cm³/mol. The minimum Gasteiger partial charge on any atom is -0.299 e. The van der Waals surface area contributed by atoms with Crippen molar-refractivity contribution >= 4 is 23.6 Å². The summed E-state index contributed by atoms with van der Waals surface area (Å²) in [6, 6.07) is 3.90. The molecule has 0 radical (unpaired) electrons. The van der Waals surface area contributed by atoms with Gasteiger partial charge in [-0.15, -0.1) is 11.3 Å². The third kappa shape index (κ3) is 2.41. The van der Waals surface area contributed by atoms with Crippen molar-refractivity contribution in [3.05, 3.63) is 35.5 Å². The molecule has 5 nitrogen and oxygen atoms in total. The molecular weight excluding hydrogens is 290 g/mol. The molecule has 3 rings (SSSR count). The van der Waals surface area contributed by atoms with Crippen LogP contribution in [0.2, 0.25) is 0 Å². The first-order chi connectivity index (χ1) is 9.79. The lowest BCUT2D eigenvalue weighted by atomic mass is 10.3. The second-order valence-corrected chi connectivity index (χ2v) is 5.69. The lowest BCUT2D eigenvalue weighted by Crippen LogP contribution is -1.98. The maximum absolute atomic E-state index is 5.26. The van der Waals surface area contributed by atoms with Gasteiger partial charge >= 0.3 is 0 Å². The number of pyridine rings is 1. The number of thiazole rings is 1. The van der Waals surface area contributed by atoms with Gasteiger partial charge in [-0.3, -0.25) is 14.6 Å². The molecule has 0 spiro atoms.